The Morgan fingerprint density at radius 3 is 2.75 bits per heavy atom. The lowest BCUT2D eigenvalue weighted by atomic mass is 10.2. The van der Waals surface area contributed by atoms with Gasteiger partial charge in [-0.15, -0.1) is 0 Å². The van der Waals surface area contributed by atoms with Crippen molar-refractivity contribution >= 4 is 11.6 Å². The van der Waals surface area contributed by atoms with Crippen molar-refractivity contribution in [2.24, 2.45) is 0 Å². The van der Waals surface area contributed by atoms with Crippen LogP contribution in [0.4, 0.5) is 0 Å². The number of hydrogen-bond acceptors (Lipinski definition) is 2. The van der Waals surface area contributed by atoms with E-state index in [1.54, 1.807) is 6.20 Å². The van der Waals surface area contributed by atoms with E-state index in [0.717, 1.165) is 34.3 Å². The molecule has 0 saturated heterocycles. The molecule has 0 saturated carbocycles. The molecule has 0 radical (unpaired) electrons. The van der Waals surface area contributed by atoms with Gasteiger partial charge < -0.3 is 9.13 Å². The Morgan fingerprint density at radius 2 is 2.05 bits per heavy atom. The third-order valence-corrected chi connectivity index (χ3v) is 3.75. The molecule has 0 spiro atoms. The number of halogens is 1. The lowest BCUT2D eigenvalue weighted by Gasteiger charge is -2.04. The molecule has 0 fully saturated rings. The lowest BCUT2D eigenvalue weighted by Crippen LogP contribution is -2.00. The number of rotatable bonds is 3. The number of aryl methyl sites for hydroxylation is 2. The molecule has 0 aliphatic heterocycles. The minimum absolute atomic E-state index is 0.721. The molecule has 0 bridgehead atoms. The summed E-state index contributed by atoms with van der Waals surface area (Å²) < 4.78 is 4.04. The van der Waals surface area contributed by atoms with Gasteiger partial charge in [-0.25, -0.2) is 9.97 Å². The van der Waals surface area contributed by atoms with E-state index in [4.69, 9.17) is 11.6 Å². The van der Waals surface area contributed by atoms with Crippen molar-refractivity contribution in [2.45, 2.75) is 20.4 Å². The maximum atomic E-state index is 6.16. The van der Waals surface area contributed by atoms with E-state index in [9.17, 15) is 0 Å². The van der Waals surface area contributed by atoms with Crippen molar-refractivity contribution in [2.75, 3.05) is 0 Å². The first-order valence-electron chi connectivity index (χ1n) is 6.40. The molecule has 3 rings (SSSR count). The molecule has 0 aliphatic carbocycles. The first-order chi connectivity index (χ1) is 9.63. The quantitative estimate of drug-likeness (QED) is 0.740. The fourth-order valence-corrected chi connectivity index (χ4v) is 2.25. The molecule has 2 heterocycles. The van der Waals surface area contributed by atoms with E-state index in [-0.39, 0.29) is 0 Å². The van der Waals surface area contributed by atoms with Crippen LogP contribution in [0, 0.1) is 13.8 Å². The van der Waals surface area contributed by atoms with Gasteiger partial charge in [0.05, 0.1) is 18.6 Å². The summed E-state index contributed by atoms with van der Waals surface area (Å²) >= 11 is 6.16. The van der Waals surface area contributed by atoms with E-state index >= 15 is 0 Å². The van der Waals surface area contributed by atoms with Gasteiger partial charge in [-0.1, -0.05) is 17.7 Å². The molecule has 5 heteroatoms. The van der Waals surface area contributed by atoms with Gasteiger partial charge >= 0.3 is 0 Å². The van der Waals surface area contributed by atoms with E-state index in [2.05, 4.69) is 14.5 Å². The minimum Gasteiger partial charge on any atom is -0.329 e. The van der Waals surface area contributed by atoms with E-state index < -0.39 is 0 Å². The summed E-state index contributed by atoms with van der Waals surface area (Å²) in [5.41, 5.74) is 3.08. The molecule has 0 aliphatic rings. The van der Waals surface area contributed by atoms with Crippen molar-refractivity contribution in [1.82, 2.24) is 19.1 Å². The molecule has 0 amide bonds. The van der Waals surface area contributed by atoms with Crippen molar-refractivity contribution in [3.63, 3.8) is 0 Å². The Labute approximate surface area is 122 Å². The van der Waals surface area contributed by atoms with Crippen molar-refractivity contribution in [3.8, 4) is 5.69 Å². The molecule has 20 heavy (non-hydrogen) atoms. The predicted molar refractivity (Wildman–Crippen MR) is 79.4 cm³/mol. The third kappa shape index (κ3) is 2.47. The number of aromatic nitrogens is 4. The van der Waals surface area contributed by atoms with E-state index in [1.807, 2.05) is 55.3 Å². The number of benzene rings is 1. The largest absolute Gasteiger partial charge is 0.329 e. The van der Waals surface area contributed by atoms with Gasteiger partial charge in [0.25, 0.3) is 0 Å². The van der Waals surface area contributed by atoms with Gasteiger partial charge in [-0.2, -0.15) is 0 Å². The van der Waals surface area contributed by atoms with Crippen LogP contribution in [0.5, 0.6) is 0 Å². The van der Waals surface area contributed by atoms with Gasteiger partial charge in [0, 0.05) is 29.3 Å². The monoisotopic (exact) mass is 286 g/mol. The summed E-state index contributed by atoms with van der Waals surface area (Å²) in [7, 11) is 0. The second kappa shape index (κ2) is 5.13. The second-order valence-corrected chi connectivity index (χ2v) is 5.22. The van der Waals surface area contributed by atoms with Gasteiger partial charge in [-0.05, 0) is 31.5 Å². The normalized spacial score (nSPS) is 10.9. The summed E-state index contributed by atoms with van der Waals surface area (Å²) in [5, 5.41) is 0.767. The Morgan fingerprint density at radius 1 is 1.20 bits per heavy atom. The summed E-state index contributed by atoms with van der Waals surface area (Å²) in [6.07, 6.45) is 7.58. The lowest BCUT2D eigenvalue weighted by molar-refractivity contribution is 0.746. The van der Waals surface area contributed by atoms with Gasteiger partial charge in [-0.3, -0.25) is 0 Å². The Kier molecular flexibility index (Phi) is 3.32. The number of hydrogen-bond donors (Lipinski definition) is 0. The highest BCUT2D eigenvalue weighted by molar-refractivity contribution is 6.31. The molecule has 3 aromatic rings. The maximum absolute atomic E-state index is 6.16. The average Bonchev–Trinajstić information content (AvgIpc) is 3.04. The van der Waals surface area contributed by atoms with Gasteiger partial charge in [0.1, 0.15) is 5.82 Å². The maximum Gasteiger partial charge on any atom is 0.105 e. The highest BCUT2D eigenvalue weighted by Crippen LogP contribution is 2.19. The Balaban J connectivity index is 1.86. The molecule has 1 aromatic carbocycles. The zero-order chi connectivity index (χ0) is 14.1. The van der Waals surface area contributed by atoms with Crippen LogP contribution in [0.15, 0.2) is 43.1 Å². The van der Waals surface area contributed by atoms with Crippen LogP contribution < -0.4 is 0 Å². The summed E-state index contributed by atoms with van der Waals surface area (Å²) in [6, 6.07) is 6.00. The number of nitrogens with zero attached hydrogens (tertiary/aromatic N) is 4. The molecular weight excluding hydrogens is 272 g/mol. The second-order valence-electron chi connectivity index (χ2n) is 4.81. The fourth-order valence-electron chi connectivity index (χ4n) is 2.07. The molecule has 4 nitrogen and oxygen atoms in total. The van der Waals surface area contributed by atoms with E-state index in [0.29, 0.717) is 0 Å². The minimum atomic E-state index is 0.721. The number of imidazole rings is 2. The zero-order valence-corrected chi connectivity index (χ0v) is 12.2. The van der Waals surface area contributed by atoms with E-state index in [1.165, 1.54) is 0 Å². The standard InChI is InChI=1S/C15H15ClN4/c1-11-3-4-14(7-15(11)16)20-9-13(18-10-20)8-19-6-5-17-12(19)2/h3-7,9-10H,8H2,1-2H3. The van der Waals surface area contributed by atoms with Gasteiger partial charge in [0.15, 0.2) is 0 Å². The Bertz CT molecular complexity index is 742. The predicted octanol–water partition coefficient (Wildman–Crippen LogP) is 3.39. The van der Waals surface area contributed by atoms with Crippen LogP contribution in [0.25, 0.3) is 5.69 Å². The topological polar surface area (TPSA) is 35.6 Å². The van der Waals surface area contributed by atoms with Crippen LogP contribution in [0.3, 0.4) is 0 Å². The van der Waals surface area contributed by atoms with Crippen molar-refractivity contribution < 1.29 is 0 Å². The third-order valence-electron chi connectivity index (χ3n) is 3.35. The first-order valence-corrected chi connectivity index (χ1v) is 6.78. The van der Waals surface area contributed by atoms with Crippen LogP contribution in [0.2, 0.25) is 5.02 Å². The Hall–Kier alpha value is -2.07. The summed E-state index contributed by atoms with van der Waals surface area (Å²) in [4.78, 5) is 8.64. The average molecular weight is 287 g/mol. The smallest absolute Gasteiger partial charge is 0.105 e. The molecule has 0 unspecified atom stereocenters. The van der Waals surface area contributed by atoms with Crippen molar-refractivity contribution in [3.05, 3.63) is 65.2 Å². The van der Waals surface area contributed by atoms with Crippen molar-refractivity contribution in [1.29, 1.82) is 0 Å². The first kappa shape index (κ1) is 12.9. The highest BCUT2D eigenvalue weighted by Gasteiger charge is 2.05. The van der Waals surface area contributed by atoms with Crippen LogP contribution >= 0.6 is 11.6 Å². The fraction of sp³-hybridized carbons (Fsp3) is 0.200. The highest BCUT2D eigenvalue weighted by atomic mass is 35.5. The van der Waals surface area contributed by atoms with Crippen LogP contribution in [-0.4, -0.2) is 19.1 Å². The van der Waals surface area contributed by atoms with Crippen LogP contribution in [-0.2, 0) is 6.54 Å². The molecular formula is C15H15ClN4. The molecule has 102 valence electrons. The molecule has 2 aromatic heterocycles. The van der Waals surface area contributed by atoms with Gasteiger partial charge in [0.2, 0.25) is 0 Å². The van der Waals surface area contributed by atoms with Crippen LogP contribution in [0.1, 0.15) is 17.1 Å². The zero-order valence-electron chi connectivity index (χ0n) is 11.4. The SMILES string of the molecule is Cc1ccc(-n2cnc(Cn3ccnc3C)c2)cc1Cl. The molecule has 0 atom stereocenters. The summed E-state index contributed by atoms with van der Waals surface area (Å²) in [5.74, 6) is 0.984. The summed E-state index contributed by atoms with van der Waals surface area (Å²) in [6.45, 7) is 4.70. The molecule has 0 N–H and O–H groups in total.